The second-order valence-electron chi connectivity index (χ2n) is 6.18. The van der Waals surface area contributed by atoms with Gasteiger partial charge in [-0.15, -0.1) is 0 Å². The summed E-state index contributed by atoms with van der Waals surface area (Å²) in [5, 5.41) is 15.0. The molecule has 1 aliphatic rings. The third-order valence-corrected chi connectivity index (χ3v) is 4.77. The van der Waals surface area contributed by atoms with Gasteiger partial charge in [-0.2, -0.15) is 15.3 Å². The van der Waals surface area contributed by atoms with E-state index in [-0.39, 0.29) is 18.4 Å². The Morgan fingerprint density at radius 2 is 2.00 bits per heavy atom. The standard InChI is InChI=1S/C18H15ClFN5O/c19-13-3-1-11(2-4-13)14-9-25(10-15(14)20)18(26)17-7-16(23-24-17)12-5-6-21-22-8-12/h1-8,14-15H,9-10H2,(H,23,24)/t14-,15+/m0/s1. The number of nitrogens with one attached hydrogen (secondary N) is 1. The van der Waals surface area contributed by atoms with Crippen molar-refractivity contribution >= 4 is 17.5 Å². The largest absolute Gasteiger partial charge is 0.334 e. The van der Waals surface area contributed by atoms with Crippen LogP contribution in [0.15, 0.2) is 48.8 Å². The number of likely N-dealkylation sites (tertiary alicyclic amines) is 1. The molecule has 26 heavy (non-hydrogen) atoms. The minimum absolute atomic E-state index is 0.0529. The summed E-state index contributed by atoms with van der Waals surface area (Å²) < 4.78 is 14.5. The van der Waals surface area contributed by atoms with Crippen LogP contribution in [0.4, 0.5) is 4.39 Å². The summed E-state index contributed by atoms with van der Waals surface area (Å²) in [5.74, 6) is -0.632. The molecule has 4 rings (SSSR count). The molecule has 8 heteroatoms. The molecule has 0 saturated carbocycles. The van der Waals surface area contributed by atoms with Crippen LogP contribution in [0, 0.1) is 0 Å². The SMILES string of the molecule is O=C(c1cc(-c2ccnnc2)n[nH]1)N1C[C@@H](F)[C@H](c2ccc(Cl)cc2)C1. The van der Waals surface area contributed by atoms with E-state index >= 15 is 0 Å². The lowest BCUT2D eigenvalue weighted by Gasteiger charge is -2.15. The van der Waals surface area contributed by atoms with Gasteiger partial charge in [-0.25, -0.2) is 4.39 Å². The van der Waals surface area contributed by atoms with Crippen molar-refractivity contribution in [3.63, 3.8) is 0 Å². The van der Waals surface area contributed by atoms with E-state index in [9.17, 15) is 9.18 Å². The van der Waals surface area contributed by atoms with Crippen LogP contribution >= 0.6 is 11.6 Å². The van der Waals surface area contributed by atoms with Gasteiger partial charge in [0, 0.05) is 23.0 Å². The van der Waals surface area contributed by atoms with Gasteiger partial charge in [0.2, 0.25) is 0 Å². The van der Waals surface area contributed by atoms with Gasteiger partial charge in [-0.05, 0) is 29.8 Å². The van der Waals surface area contributed by atoms with Gasteiger partial charge in [0.05, 0.1) is 24.6 Å². The molecule has 0 aliphatic carbocycles. The van der Waals surface area contributed by atoms with Crippen LogP contribution in [0.25, 0.3) is 11.3 Å². The zero-order valence-electron chi connectivity index (χ0n) is 13.6. The number of carbonyl (C=O) groups excluding carboxylic acids is 1. The Bertz CT molecular complexity index is 915. The molecule has 1 aliphatic heterocycles. The number of alkyl halides is 1. The number of aromatic nitrogens is 4. The third-order valence-electron chi connectivity index (χ3n) is 4.52. The minimum atomic E-state index is -1.12. The molecule has 1 saturated heterocycles. The number of hydrogen-bond acceptors (Lipinski definition) is 4. The maximum Gasteiger partial charge on any atom is 0.272 e. The van der Waals surface area contributed by atoms with Crippen LogP contribution in [-0.4, -0.2) is 50.5 Å². The molecule has 0 radical (unpaired) electrons. The number of amides is 1. The van der Waals surface area contributed by atoms with E-state index in [4.69, 9.17) is 11.6 Å². The number of carbonyl (C=O) groups is 1. The summed E-state index contributed by atoms with van der Waals surface area (Å²) in [7, 11) is 0. The van der Waals surface area contributed by atoms with Gasteiger partial charge in [0.25, 0.3) is 5.91 Å². The first kappa shape index (κ1) is 16.7. The number of rotatable bonds is 3. The first-order chi connectivity index (χ1) is 12.6. The smallest absolute Gasteiger partial charge is 0.272 e. The summed E-state index contributed by atoms with van der Waals surface area (Å²) in [4.78, 5) is 14.2. The number of benzene rings is 1. The topological polar surface area (TPSA) is 74.8 Å². The molecule has 3 aromatic rings. The van der Waals surface area contributed by atoms with Crippen LogP contribution in [0.2, 0.25) is 5.02 Å². The molecule has 0 bridgehead atoms. The predicted molar refractivity (Wildman–Crippen MR) is 94.6 cm³/mol. The molecular weight excluding hydrogens is 357 g/mol. The highest BCUT2D eigenvalue weighted by molar-refractivity contribution is 6.30. The Balaban J connectivity index is 1.51. The van der Waals surface area contributed by atoms with Crippen LogP contribution < -0.4 is 0 Å². The number of halogens is 2. The number of nitrogens with zero attached hydrogens (tertiary/aromatic N) is 4. The van der Waals surface area contributed by atoms with E-state index in [0.29, 0.717) is 23.0 Å². The van der Waals surface area contributed by atoms with Crippen LogP contribution in [0.1, 0.15) is 22.0 Å². The van der Waals surface area contributed by atoms with Gasteiger partial charge in [-0.3, -0.25) is 9.89 Å². The molecule has 1 amide bonds. The highest BCUT2D eigenvalue weighted by Gasteiger charge is 2.37. The van der Waals surface area contributed by atoms with Crippen molar-refractivity contribution < 1.29 is 9.18 Å². The van der Waals surface area contributed by atoms with Crippen molar-refractivity contribution in [3.05, 3.63) is 65.1 Å². The van der Waals surface area contributed by atoms with E-state index in [1.54, 1.807) is 48.8 Å². The molecule has 0 spiro atoms. The van der Waals surface area contributed by atoms with Crippen molar-refractivity contribution in [2.45, 2.75) is 12.1 Å². The van der Waals surface area contributed by atoms with Crippen LogP contribution in [-0.2, 0) is 0 Å². The highest BCUT2D eigenvalue weighted by Crippen LogP contribution is 2.31. The van der Waals surface area contributed by atoms with E-state index in [2.05, 4.69) is 20.4 Å². The Kier molecular flexibility index (Phi) is 4.38. The van der Waals surface area contributed by atoms with Crippen molar-refractivity contribution in [2.24, 2.45) is 0 Å². The second kappa shape index (κ2) is 6.84. The Labute approximate surface area is 154 Å². The first-order valence-corrected chi connectivity index (χ1v) is 8.51. The average molecular weight is 372 g/mol. The van der Waals surface area contributed by atoms with Crippen molar-refractivity contribution in [3.8, 4) is 11.3 Å². The average Bonchev–Trinajstić information content (AvgIpc) is 3.30. The molecule has 2 aromatic heterocycles. The normalized spacial score (nSPS) is 19.7. The lowest BCUT2D eigenvalue weighted by molar-refractivity contribution is 0.0776. The second-order valence-corrected chi connectivity index (χ2v) is 6.62. The molecule has 132 valence electrons. The van der Waals surface area contributed by atoms with E-state index in [1.165, 1.54) is 4.90 Å². The molecule has 6 nitrogen and oxygen atoms in total. The predicted octanol–water partition coefficient (Wildman–Crippen LogP) is 3.10. The number of hydrogen-bond donors (Lipinski definition) is 1. The van der Waals surface area contributed by atoms with Crippen molar-refractivity contribution in [1.29, 1.82) is 0 Å². The summed E-state index contributed by atoms with van der Waals surface area (Å²) in [6.07, 6.45) is 2.00. The van der Waals surface area contributed by atoms with Crippen LogP contribution in [0.3, 0.4) is 0 Å². The first-order valence-electron chi connectivity index (χ1n) is 8.13. The van der Waals surface area contributed by atoms with E-state index in [1.807, 2.05) is 0 Å². The molecule has 3 heterocycles. The molecule has 1 aromatic carbocycles. The quantitative estimate of drug-likeness (QED) is 0.767. The summed E-state index contributed by atoms with van der Waals surface area (Å²) in [6.45, 7) is 0.365. The third kappa shape index (κ3) is 3.17. The zero-order valence-corrected chi connectivity index (χ0v) is 14.4. The van der Waals surface area contributed by atoms with Crippen molar-refractivity contribution in [2.75, 3.05) is 13.1 Å². The molecular formula is C18H15ClFN5O. The maximum absolute atomic E-state index is 14.5. The summed E-state index contributed by atoms with van der Waals surface area (Å²) >= 11 is 5.89. The van der Waals surface area contributed by atoms with Gasteiger partial charge in [0.15, 0.2) is 0 Å². The summed E-state index contributed by atoms with van der Waals surface area (Å²) in [6, 6.07) is 10.5. The Morgan fingerprint density at radius 3 is 2.73 bits per heavy atom. The Morgan fingerprint density at radius 1 is 1.19 bits per heavy atom. The zero-order chi connectivity index (χ0) is 18.1. The fourth-order valence-corrected chi connectivity index (χ4v) is 3.27. The van der Waals surface area contributed by atoms with Gasteiger partial charge in [0.1, 0.15) is 11.9 Å². The van der Waals surface area contributed by atoms with Crippen LogP contribution in [0.5, 0.6) is 0 Å². The molecule has 1 fully saturated rings. The lowest BCUT2D eigenvalue weighted by Crippen LogP contribution is -2.29. The lowest BCUT2D eigenvalue weighted by atomic mass is 9.97. The number of H-pyrrole nitrogens is 1. The van der Waals surface area contributed by atoms with E-state index in [0.717, 1.165) is 11.1 Å². The van der Waals surface area contributed by atoms with Gasteiger partial charge in [-0.1, -0.05) is 23.7 Å². The molecule has 2 atom stereocenters. The summed E-state index contributed by atoms with van der Waals surface area (Å²) in [5.41, 5.74) is 2.50. The van der Waals surface area contributed by atoms with Crippen molar-refractivity contribution in [1.82, 2.24) is 25.3 Å². The Hall–Kier alpha value is -2.80. The monoisotopic (exact) mass is 371 g/mol. The fourth-order valence-electron chi connectivity index (χ4n) is 3.15. The molecule has 1 N–H and O–H groups in total. The fraction of sp³-hybridized carbons (Fsp3) is 0.222. The number of aromatic amines is 1. The van der Waals surface area contributed by atoms with E-state index < -0.39 is 6.17 Å². The highest BCUT2D eigenvalue weighted by atomic mass is 35.5. The minimum Gasteiger partial charge on any atom is -0.334 e. The van der Waals surface area contributed by atoms with Gasteiger partial charge < -0.3 is 4.90 Å². The molecule has 0 unspecified atom stereocenters. The van der Waals surface area contributed by atoms with Gasteiger partial charge >= 0.3 is 0 Å². The maximum atomic E-state index is 14.5.